The number of carbonyl (C=O) groups is 2. The molecule has 0 unspecified atom stereocenters. The second-order valence-electron chi connectivity index (χ2n) is 7.86. The molecule has 2 aliphatic heterocycles. The van der Waals surface area contributed by atoms with E-state index >= 15 is 0 Å². The largest absolute Gasteiger partial charge is 0.486 e. The number of nitrogens with zero attached hydrogens (tertiary/aromatic N) is 2. The summed E-state index contributed by atoms with van der Waals surface area (Å²) >= 11 is 1.60. The Bertz CT molecular complexity index is 1210. The molecule has 8 heteroatoms. The quantitative estimate of drug-likeness (QED) is 0.433. The molecule has 0 aromatic heterocycles. The van der Waals surface area contributed by atoms with Crippen molar-refractivity contribution >= 4 is 29.8 Å². The number of thioether (sulfide) groups is 1. The maximum absolute atomic E-state index is 12.6. The van der Waals surface area contributed by atoms with Crippen molar-refractivity contribution in [2.24, 2.45) is 5.10 Å². The Morgan fingerprint density at radius 2 is 1.82 bits per heavy atom. The van der Waals surface area contributed by atoms with Crippen LogP contribution >= 0.6 is 11.8 Å². The highest BCUT2D eigenvalue weighted by atomic mass is 32.2. The molecule has 34 heavy (non-hydrogen) atoms. The molecule has 1 saturated heterocycles. The van der Waals surface area contributed by atoms with Crippen LogP contribution in [0.25, 0.3) is 0 Å². The zero-order chi connectivity index (χ0) is 23.3. The predicted octanol–water partition coefficient (Wildman–Crippen LogP) is 4.00. The minimum absolute atomic E-state index is 0.0747. The molecule has 0 radical (unpaired) electrons. The summed E-state index contributed by atoms with van der Waals surface area (Å²) in [7, 11) is 0. The molecule has 2 amide bonds. The van der Waals surface area contributed by atoms with Crippen LogP contribution in [0.15, 0.2) is 77.9 Å². The Labute approximate surface area is 201 Å². The van der Waals surface area contributed by atoms with E-state index in [1.54, 1.807) is 30.1 Å². The van der Waals surface area contributed by atoms with Gasteiger partial charge >= 0.3 is 0 Å². The minimum Gasteiger partial charge on any atom is -0.486 e. The molecule has 2 heterocycles. The average molecular weight is 474 g/mol. The van der Waals surface area contributed by atoms with Crippen molar-refractivity contribution in [1.82, 2.24) is 10.3 Å². The molecule has 0 spiro atoms. The van der Waals surface area contributed by atoms with Gasteiger partial charge in [0.2, 0.25) is 5.91 Å². The normalized spacial score (nSPS) is 17.2. The van der Waals surface area contributed by atoms with Gasteiger partial charge in [0.25, 0.3) is 5.91 Å². The van der Waals surface area contributed by atoms with Crippen LogP contribution in [0, 0.1) is 0 Å². The molecule has 3 aromatic carbocycles. The molecule has 2 aliphatic rings. The maximum Gasteiger partial charge on any atom is 0.271 e. The Morgan fingerprint density at radius 3 is 2.65 bits per heavy atom. The molecular formula is C26H23N3O4S. The highest BCUT2D eigenvalue weighted by molar-refractivity contribution is 8.00. The lowest BCUT2D eigenvalue weighted by molar-refractivity contribution is -0.128. The molecule has 3 aromatic rings. The average Bonchev–Trinajstić information content (AvgIpc) is 3.24. The lowest BCUT2D eigenvalue weighted by atomic mass is 10.1. The number of nitrogens with one attached hydrogen (secondary N) is 1. The summed E-state index contributed by atoms with van der Waals surface area (Å²) in [4.78, 5) is 26.9. The highest BCUT2D eigenvalue weighted by Crippen LogP contribution is 2.39. The second-order valence-corrected chi connectivity index (χ2v) is 8.93. The maximum atomic E-state index is 12.6. The van der Waals surface area contributed by atoms with Crippen molar-refractivity contribution in [3.05, 3.63) is 95.1 Å². The molecule has 1 N–H and O–H groups in total. The van der Waals surface area contributed by atoms with Crippen LogP contribution in [0.5, 0.6) is 11.5 Å². The molecule has 1 atom stereocenters. The zero-order valence-electron chi connectivity index (χ0n) is 18.3. The molecule has 0 saturated carbocycles. The molecular weight excluding hydrogens is 450 g/mol. The van der Waals surface area contributed by atoms with E-state index in [4.69, 9.17) is 9.47 Å². The highest BCUT2D eigenvalue weighted by Gasteiger charge is 2.32. The predicted molar refractivity (Wildman–Crippen MR) is 131 cm³/mol. The molecule has 7 nitrogen and oxygen atoms in total. The number of hydrazone groups is 1. The Balaban J connectivity index is 1.24. The topological polar surface area (TPSA) is 80.2 Å². The van der Waals surface area contributed by atoms with Gasteiger partial charge in [0.05, 0.1) is 12.0 Å². The Kier molecular flexibility index (Phi) is 6.49. The van der Waals surface area contributed by atoms with E-state index < -0.39 is 0 Å². The van der Waals surface area contributed by atoms with Gasteiger partial charge in [-0.1, -0.05) is 48.5 Å². The van der Waals surface area contributed by atoms with Crippen molar-refractivity contribution in [2.45, 2.75) is 11.9 Å². The Hall–Kier alpha value is -3.78. The van der Waals surface area contributed by atoms with Crippen LogP contribution in [0.2, 0.25) is 0 Å². The first-order chi connectivity index (χ1) is 16.7. The fourth-order valence-corrected chi connectivity index (χ4v) is 5.09. The van der Waals surface area contributed by atoms with E-state index in [0.29, 0.717) is 42.6 Å². The molecule has 0 aliphatic carbocycles. The summed E-state index contributed by atoms with van der Waals surface area (Å²) < 4.78 is 11.2. The number of amides is 2. The summed E-state index contributed by atoms with van der Waals surface area (Å²) in [5, 5.41) is 4.00. The zero-order valence-corrected chi connectivity index (χ0v) is 19.2. The number of fused-ring (bicyclic) bond motifs is 1. The standard InChI is InChI=1S/C26H23N3O4S/c30-23-17-34-26(29(23)16-18-5-2-1-3-6-18)20-11-9-19(10-12-20)25(31)28-27-15-21-7-4-8-22-24(21)33-14-13-32-22/h1-12,15,26H,13-14,16-17H2,(H,28,31)/b27-15-/t26-/m0/s1. The van der Waals surface area contributed by atoms with Crippen molar-refractivity contribution in [3.63, 3.8) is 0 Å². The smallest absolute Gasteiger partial charge is 0.271 e. The van der Waals surface area contributed by atoms with E-state index in [1.165, 1.54) is 0 Å². The van der Waals surface area contributed by atoms with Crippen molar-refractivity contribution in [2.75, 3.05) is 19.0 Å². The lowest BCUT2D eigenvalue weighted by Gasteiger charge is -2.24. The van der Waals surface area contributed by atoms with Crippen molar-refractivity contribution in [3.8, 4) is 11.5 Å². The van der Waals surface area contributed by atoms with Crippen LogP contribution in [0.4, 0.5) is 0 Å². The van der Waals surface area contributed by atoms with E-state index in [9.17, 15) is 9.59 Å². The second kappa shape index (κ2) is 10.0. The fourth-order valence-electron chi connectivity index (χ4n) is 3.90. The van der Waals surface area contributed by atoms with Gasteiger partial charge in [0.1, 0.15) is 18.6 Å². The van der Waals surface area contributed by atoms with Gasteiger partial charge in [-0.25, -0.2) is 5.43 Å². The number of hydrogen-bond donors (Lipinski definition) is 1. The third-order valence-corrected chi connectivity index (χ3v) is 6.84. The minimum atomic E-state index is -0.318. The molecule has 5 rings (SSSR count). The summed E-state index contributed by atoms with van der Waals surface area (Å²) in [5.41, 5.74) is 5.85. The number of ether oxygens (including phenoxy) is 2. The number of carbonyl (C=O) groups excluding carboxylic acids is 2. The molecule has 1 fully saturated rings. The van der Waals surface area contributed by atoms with Gasteiger partial charge in [-0.15, -0.1) is 11.8 Å². The number of benzene rings is 3. The fraction of sp³-hybridized carbons (Fsp3) is 0.192. The van der Waals surface area contributed by atoms with Gasteiger partial charge in [0.15, 0.2) is 11.5 Å². The Morgan fingerprint density at radius 1 is 1.03 bits per heavy atom. The first kappa shape index (κ1) is 22.0. The van der Waals surface area contributed by atoms with Gasteiger partial charge < -0.3 is 14.4 Å². The van der Waals surface area contributed by atoms with Crippen molar-refractivity contribution in [1.29, 1.82) is 0 Å². The summed E-state index contributed by atoms with van der Waals surface area (Å²) in [6.07, 6.45) is 1.54. The van der Waals surface area contributed by atoms with E-state index in [-0.39, 0.29) is 17.2 Å². The summed E-state index contributed by atoms with van der Waals surface area (Å²) in [6.45, 7) is 1.55. The van der Waals surface area contributed by atoms with Crippen LogP contribution in [-0.2, 0) is 11.3 Å². The van der Waals surface area contributed by atoms with Gasteiger partial charge in [-0.05, 0) is 35.4 Å². The van der Waals surface area contributed by atoms with E-state index in [0.717, 1.165) is 16.7 Å². The van der Waals surface area contributed by atoms with Gasteiger partial charge in [0, 0.05) is 17.7 Å². The van der Waals surface area contributed by atoms with Crippen LogP contribution in [-0.4, -0.2) is 41.9 Å². The SMILES string of the molecule is O=C(N/N=C\c1cccc2c1OCCO2)c1ccc([C@@H]2SCC(=O)N2Cc2ccccc2)cc1. The third kappa shape index (κ3) is 4.77. The van der Waals surface area contributed by atoms with Gasteiger partial charge in [-0.3, -0.25) is 9.59 Å². The molecule has 0 bridgehead atoms. The van der Waals surface area contributed by atoms with Gasteiger partial charge in [-0.2, -0.15) is 5.10 Å². The first-order valence-electron chi connectivity index (χ1n) is 11.0. The van der Waals surface area contributed by atoms with E-state index in [1.807, 2.05) is 65.6 Å². The summed E-state index contributed by atoms with van der Waals surface area (Å²) in [6, 6.07) is 22.8. The van der Waals surface area contributed by atoms with Crippen LogP contribution < -0.4 is 14.9 Å². The van der Waals surface area contributed by atoms with Crippen molar-refractivity contribution < 1.29 is 19.1 Å². The number of rotatable bonds is 6. The molecule has 172 valence electrons. The van der Waals surface area contributed by atoms with Crippen LogP contribution in [0.1, 0.15) is 32.4 Å². The monoisotopic (exact) mass is 473 g/mol. The van der Waals surface area contributed by atoms with Crippen LogP contribution in [0.3, 0.4) is 0 Å². The summed E-state index contributed by atoms with van der Waals surface area (Å²) in [5.74, 6) is 1.54. The first-order valence-corrected chi connectivity index (χ1v) is 12.0. The number of para-hydroxylation sites is 1. The van der Waals surface area contributed by atoms with E-state index in [2.05, 4.69) is 10.5 Å². The third-order valence-electron chi connectivity index (χ3n) is 5.59. The lowest BCUT2D eigenvalue weighted by Crippen LogP contribution is -2.27. The number of hydrogen-bond acceptors (Lipinski definition) is 6.